The van der Waals surface area contributed by atoms with E-state index in [1.54, 1.807) is 18.2 Å². The van der Waals surface area contributed by atoms with Crippen LogP contribution in [0, 0.1) is 10.1 Å². The van der Waals surface area contributed by atoms with Crippen LogP contribution < -0.4 is 5.01 Å². The molecule has 1 unspecified atom stereocenters. The maximum absolute atomic E-state index is 13.0. The Kier molecular flexibility index (Phi) is 5.53. The number of hydrogen-bond donors (Lipinski definition) is 0. The van der Waals surface area contributed by atoms with Gasteiger partial charge in [-0.15, -0.1) is 0 Å². The van der Waals surface area contributed by atoms with E-state index in [1.807, 2.05) is 35.3 Å². The summed E-state index contributed by atoms with van der Waals surface area (Å²) in [6.45, 7) is 9.35. The molecule has 31 heavy (non-hydrogen) atoms. The van der Waals surface area contributed by atoms with Crippen molar-refractivity contribution in [2.45, 2.75) is 44.8 Å². The van der Waals surface area contributed by atoms with E-state index in [0.717, 1.165) is 5.69 Å². The van der Waals surface area contributed by atoms with E-state index in [1.165, 1.54) is 23.9 Å². The Balaban J connectivity index is 1.74. The number of anilines is 1. The highest BCUT2D eigenvalue weighted by molar-refractivity contribution is 8.16. The molecule has 2 heterocycles. The third-order valence-electron chi connectivity index (χ3n) is 5.62. The van der Waals surface area contributed by atoms with Crippen molar-refractivity contribution < 1.29 is 9.72 Å². The summed E-state index contributed by atoms with van der Waals surface area (Å²) in [7, 11) is 0. The fraction of sp³-hybridized carbons (Fsp3) is 0.348. The normalized spacial score (nSPS) is 21.5. The number of fused-ring (bicyclic) bond motifs is 1. The second-order valence-electron chi connectivity index (χ2n) is 8.33. The van der Waals surface area contributed by atoms with Crippen LogP contribution in [0.3, 0.4) is 0 Å². The lowest BCUT2D eigenvalue weighted by Gasteiger charge is -2.32. The van der Waals surface area contributed by atoms with Gasteiger partial charge in [-0.3, -0.25) is 19.8 Å². The standard InChI is InChI=1S/C23H26N4O3S/c1-16(2)24(17(3)4)15-23-25(19-10-6-5-7-11-19)26(23)21(22(28)31-23)14-18-9-8-12-20(13-18)27(29)30/h5-14,16-17H,15H2,1-4H3/b21-14-. The molecule has 4 rings (SSSR count). The van der Waals surface area contributed by atoms with Gasteiger partial charge < -0.3 is 0 Å². The van der Waals surface area contributed by atoms with E-state index in [4.69, 9.17) is 0 Å². The van der Waals surface area contributed by atoms with E-state index in [-0.39, 0.29) is 10.8 Å². The van der Waals surface area contributed by atoms with Gasteiger partial charge in [0.1, 0.15) is 5.70 Å². The van der Waals surface area contributed by atoms with E-state index in [2.05, 4.69) is 37.6 Å². The maximum atomic E-state index is 13.0. The van der Waals surface area contributed by atoms with Crippen molar-refractivity contribution in [3.05, 3.63) is 76.0 Å². The summed E-state index contributed by atoms with van der Waals surface area (Å²) in [5, 5.41) is 15.3. The van der Waals surface area contributed by atoms with Gasteiger partial charge in [0.15, 0.2) is 0 Å². The molecule has 0 radical (unpaired) electrons. The van der Waals surface area contributed by atoms with Crippen molar-refractivity contribution in [2.24, 2.45) is 0 Å². The molecule has 0 amide bonds. The van der Waals surface area contributed by atoms with Crippen LogP contribution in [0.1, 0.15) is 33.3 Å². The van der Waals surface area contributed by atoms with Crippen LogP contribution >= 0.6 is 11.8 Å². The minimum Gasteiger partial charge on any atom is -0.293 e. The Bertz CT molecular complexity index is 1030. The number of non-ortho nitro benzene ring substituents is 1. The Morgan fingerprint density at radius 2 is 1.74 bits per heavy atom. The summed E-state index contributed by atoms with van der Waals surface area (Å²) in [5.41, 5.74) is 2.20. The predicted molar refractivity (Wildman–Crippen MR) is 124 cm³/mol. The number of carbonyl (C=O) groups is 1. The molecule has 1 atom stereocenters. The van der Waals surface area contributed by atoms with Crippen LogP contribution in [-0.4, -0.2) is 43.6 Å². The van der Waals surface area contributed by atoms with Crippen molar-refractivity contribution >= 4 is 34.3 Å². The Labute approximate surface area is 186 Å². The van der Waals surface area contributed by atoms with Gasteiger partial charge >= 0.3 is 0 Å². The van der Waals surface area contributed by atoms with Crippen LogP contribution in [-0.2, 0) is 4.79 Å². The lowest BCUT2D eigenvalue weighted by molar-refractivity contribution is -0.384. The van der Waals surface area contributed by atoms with Crippen LogP contribution in [0.2, 0.25) is 0 Å². The number of benzene rings is 2. The minimum atomic E-state index is -0.514. The highest BCUT2D eigenvalue weighted by atomic mass is 32.2. The lowest BCUT2D eigenvalue weighted by atomic mass is 10.1. The monoisotopic (exact) mass is 438 g/mol. The molecule has 2 aliphatic rings. The summed E-state index contributed by atoms with van der Waals surface area (Å²) in [6.07, 6.45) is 1.75. The number of nitrogens with zero attached hydrogens (tertiary/aromatic N) is 4. The van der Waals surface area contributed by atoms with Crippen LogP contribution in [0.25, 0.3) is 6.08 Å². The first-order valence-electron chi connectivity index (χ1n) is 10.4. The zero-order valence-electron chi connectivity index (χ0n) is 18.1. The second-order valence-corrected chi connectivity index (χ2v) is 9.56. The number of carbonyl (C=O) groups excluding carboxylic acids is 1. The fourth-order valence-electron chi connectivity index (χ4n) is 4.16. The van der Waals surface area contributed by atoms with Crippen molar-refractivity contribution in [3.63, 3.8) is 0 Å². The molecule has 0 saturated carbocycles. The SMILES string of the molecule is CC(C)N(CC12SC(=O)/C(=C/c3cccc([N+](=O)[O-])c3)N1N2c1ccccc1)C(C)C. The zero-order chi connectivity index (χ0) is 22.3. The van der Waals surface area contributed by atoms with E-state index >= 15 is 0 Å². The zero-order valence-corrected chi connectivity index (χ0v) is 18.9. The molecule has 0 aliphatic carbocycles. The highest BCUT2D eigenvalue weighted by Crippen LogP contribution is 2.61. The first kappa shape index (κ1) is 21.4. The lowest BCUT2D eigenvalue weighted by Crippen LogP contribution is -2.44. The topological polar surface area (TPSA) is 69.5 Å². The summed E-state index contributed by atoms with van der Waals surface area (Å²) >= 11 is 1.31. The van der Waals surface area contributed by atoms with Crippen molar-refractivity contribution in [1.29, 1.82) is 0 Å². The molecule has 0 spiro atoms. The van der Waals surface area contributed by atoms with Crippen LogP contribution in [0.4, 0.5) is 11.4 Å². The van der Waals surface area contributed by atoms with Crippen molar-refractivity contribution in [1.82, 2.24) is 9.91 Å². The Hall–Kier alpha value is -2.84. The van der Waals surface area contributed by atoms with Crippen molar-refractivity contribution in [3.8, 4) is 0 Å². The van der Waals surface area contributed by atoms with Crippen molar-refractivity contribution in [2.75, 3.05) is 11.6 Å². The number of rotatable bonds is 7. The molecule has 0 bridgehead atoms. The molecule has 2 fully saturated rings. The van der Waals surface area contributed by atoms with E-state index < -0.39 is 9.92 Å². The fourth-order valence-corrected chi connectivity index (χ4v) is 5.42. The summed E-state index contributed by atoms with van der Waals surface area (Å²) < 4.78 is 0. The highest BCUT2D eigenvalue weighted by Gasteiger charge is 2.71. The van der Waals surface area contributed by atoms with Gasteiger partial charge in [-0.05, 0) is 63.2 Å². The molecule has 7 nitrogen and oxygen atoms in total. The molecular formula is C23H26N4O3S. The number of nitro benzene ring substituents is 1. The third kappa shape index (κ3) is 3.81. The first-order valence-corrected chi connectivity index (χ1v) is 11.2. The van der Waals surface area contributed by atoms with E-state index in [9.17, 15) is 14.9 Å². The number of nitro groups is 1. The maximum Gasteiger partial charge on any atom is 0.270 e. The van der Waals surface area contributed by atoms with Crippen LogP contribution in [0.5, 0.6) is 0 Å². The van der Waals surface area contributed by atoms with Gasteiger partial charge in [-0.1, -0.05) is 30.3 Å². The molecule has 2 saturated heterocycles. The molecule has 2 aromatic carbocycles. The Morgan fingerprint density at radius 1 is 1.06 bits per heavy atom. The predicted octanol–water partition coefficient (Wildman–Crippen LogP) is 4.72. The molecule has 0 N–H and O–H groups in total. The summed E-state index contributed by atoms with van der Waals surface area (Å²) in [4.78, 5) is 25.6. The first-order chi connectivity index (χ1) is 14.7. The molecule has 8 heteroatoms. The largest absolute Gasteiger partial charge is 0.293 e. The second kappa shape index (κ2) is 8.01. The number of para-hydroxylation sites is 1. The van der Waals surface area contributed by atoms with Gasteiger partial charge in [0.25, 0.3) is 5.69 Å². The van der Waals surface area contributed by atoms with Gasteiger partial charge in [-0.2, -0.15) is 0 Å². The molecule has 162 valence electrons. The van der Waals surface area contributed by atoms with E-state index in [0.29, 0.717) is 29.9 Å². The average molecular weight is 439 g/mol. The average Bonchev–Trinajstić information content (AvgIpc) is 3.28. The molecule has 2 aliphatic heterocycles. The number of hydrogen-bond acceptors (Lipinski definition) is 7. The Morgan fingerprint density at radius 3 is 2.35 bits per heavy atom. The summed E-state index contributed by atoms with van der Waals surface area (Å²) in [5.74, 6) is 0. The smallest absolute Gasteiger partial charge is 0.270 e. The number of hydrazine groups is 1. The van der Waals surface area contributed by atoms with Gasteiger partial charge in [-0.25, -0.2) is 10.0 Å². The number of thioether (sulfide) groups is 1. The van der Waals surface area contributed by atoms with Crippen LogP contribution in [0.15, 0.2) is 60.3 Å². The van der Waals surface area contributed by atoms with Gasteiger partial charge in [0, 0.05) is 24.2 Å². The minimum absolute atomic E-state index is 0.00946. The molecule has 2 aromatic rings. The van der Waals surface area contributed by atoms with Gasteiger partial charge in [0.05, 0.1) is 17.2 Å². The molecule has 0 aromatic heterocycles. The third-order valence-corrected chi connectivity index (χ3v) is 6.81. The molecular weight excluding hydrogens is 412 g/mol. The summed E-state index contributed by atoms with van der Waals surface area (Å²) in [6, 6.07) is 17.0. The quantitative estimate of drug-likeness (QED) is 0.268. The van der Waals surface area contributed by atoms with Gasteiger partial charge in [0.2, 0.25) is 10.1 Å².